The first-order valence-electron chi connectivity index (χ1n) is 8.93. The topological polar surface area (TPSA) is 61.5 Å². The number of rotatable bonds is 8. The van der Waals surface area contributed by atoms with Crippen LogP contribution in [0.4, 0.5) is 0 Å². The molecule has 0 aliphatic heterocycles. The van der Waals surface area contributed by atoms with Crippen molar-refractivity contribution in [1.29, 1.82) is 0 Å². The molecule has 0 fully saturated rings. The highest BCUT2D eigenvalue weighted by Gasteiger charge is 2.41. The van der Waals surface area contributed by atoms with Gasteiger partial charge in [-0.2, -0.15) is 0 Å². The first-order chi connectivity index (χ1) is 13.2. The molecule has 0 saturated heterocycles. The normalized spacial score (nSPS) is 12.9. The van der Waals surface area contributed by atoms with Crippen molar-refractivity contribution in [1.82, 2.24) is 0 Å². The lowest BCUT2D eigenvalue weighted by Crippen LogP contribution is -2.44. The van der Waals surface area contributed by atoms with Crippen molar-refractivity contribution in [3.8, 4) is 5.75 Å². The van der Waals surface area contributed by atoms with Gasteiger partial charge in [0.1, 0.15) is 12.4 Å². The first kappa shape index (κ1) is 18.7. The van der Waals surface area contributed by atoms with Crippen molar-refractivity contribution in [3.63, 3.8) is 0 Å². The molecule has 1 amide bonds. The third-order valence-corrected chi connectivity index (χ3v) is 4.40. The average molecular weight is 361 g/mol. The van der Waals surface area contributed by atoms with E-state index in [0.29, 0.717) is 30.1 Å². The maximum atomic E-state index is 12.5. The van der Waals surface area contributed by atoms with Crippen molar-refractivity contribution in [2.24, 2.45) is 5.73 Å². The van der Waals surface area contributed by atoms with Gasteiger partial charge < -0.3 is 15.2 Å². The number of primary amides is 1. The average Bonchev–Trinajstić information content (AvgIpc) is 2.72. The molecule has 4 nitrogen and oxygen atoms in total. The Bertz CT molecular complexity index is 863. The van der Waals surface area contributed by atoms with E-state index >= 15 is 0 Å². The molecule has 138 valence electrons. The van der Waals surface area contributed by atoms with Gasteiger partial charge in [-0.3, -0.25) is 4.79 Å². The standard InChI is InChI=1S/C23H23NO3/c1-2-27-23(22(24)25,19-11-7-4-8-12-19)20-13-15-21(16-14-20)26-17-18-9-5-3-6-10-18/h3-16H,2,17H2,1H3,(H2,24,25)/t23-/m0/s1. The van der Waals surface area contributed by atoms with Crippen LogP contribution < -0.4 is 10.5 Å². The van der Waals surface area contributed by atoms with Gasteiger partial charge >= 0.3 is 0 Å². The quantitative estimate of drug-likeness (QED) is 0.659. The van der Waals surface area contributed by atoms with E-state index in [0.717, 1.165) is 5.56 Å². The van der Waals surface area contributed by atoms with Crippen molar-refractivity contribution in [2.45, 2.75) is 19.1 Å². The molecule has 3 rings (SSSR count). The number of nitrogens with two attached hydrogens (primary N) is 1. The molecule has 0 radical (unpaired) electrons. The van der Waals surface area contributed by atoms with Crippen LogP contribution in [-0.4, -0.2) is 12.5 Å². The van der Waals surface area contributed by atoms with Crippen LogP contribution in [0.5, 0.6) is 5.75 Å². The zero-order valence-electron chi connectivity index (χ0n) is 15.3. The first-order valence-corrected chi connectivity index (χ1v) is 8.93. The lowest BCUT2D eigenvalue weighted by Gasteiger charge is -2.31. The molecule has 0 aliphatic rings. The number of ether oxygens (including phenoxy) is 2. The summed E-state index contributed by atoms with van der Waals surface area (Å²) in [6.45, 7) is 2.67. The van der Waals surface area contributed by atoms with Gasteiger partial charge in [0.2, 0.25) is 0 Å². The summed E-state index contributed by atoms with van der Waals surface area (Å²) in [7, 11) is 0. The minimum absolute atomic E-state index is 0.351. The van der Waals surface area contributed by atoms with E-state index in [1.54, 1.807) is 0 Å². The highest BCUT2D eigenvalue weighted by molar-refractivity contribution is 5.89. The van der Waals surface area contributed by atoms with E-state index in [1.807, 2.05) is 91.9 Å². The number of carbonyl (C=O) groups is 1. The molecule has 0 aromatic heterocycles. The van der Waals surface area contributed by atoms with Gasteiger partial charge in [-0.15, -0.1) is 0 Å². The number of benzene rings is 3. The predicted octanol–water partition coefficient (Wildman–Crippen LogP) is 4.03. The summed E-state index contributed by atoms with van der Waals surface area (Å²) in [5.74, 6) is 0.166. The van der Waals surface area contributed by atoms with Crippen LogP contribution in [0.15, 0.2) is 84.9 Å². The van der Waals surface area contributed by atoms with Gasteiger partial charge in [0.15, 0.2) is 5.60 Å². The fraction of sp³-hybridized carbons (Fsp3) is 0.174. The summed E-state index contributed by atoms with van der Waals surface area (Å²) in [4.78, 5) is 12.5. The van der Waals surface area contributed by atoms with Gasteiger partial charge in [-0.25, -0.2) is 0 Å². The Labute approximate surface area is 159 Å². The van der Waals surface area contributed by atoms with Crippen molar-refractivity contribution in [3.05, 3.63) is 102 Å². The molecule has 0 unspecified atom stereocenters. The molecule has 3 aromatic rings. The van der Waals surface area contributed by atoms with E-state index in [4.69, 9.17) is 15.2 Å². The molecular weight excluding hydrogens is 338 g/mol. The summed E-state index contributed by atoms with van der Waals surface area (Å²) < 4.78 is 11.7. The minimum atomic E-state index is -1.33. The number of hydrogen-bond acceptors (Lipinski definition) is 3. The summed E-state index contributed by atoms with van der Waals surface area (Å²) >= 11 is 0. The van der Waals surface area contributed by atoms with Crippen molar-refractivity contribution >= 4 is 5.91 Å². The van der Waals surface area contributed by atoms with Crippen molar-refractivity contribution in [2.75, 3.05) is 6.61 Å². The van der Waals surface area contributed by atoms with E-state index in [9.17, 15) is 4.79 Å². The Hall–Kier alpha value is -3.11. The van der Waals surface area contributed by atoms with E-state index in [2.05, 4.69) is 0 Å². The molecule has 0 heterocycles. The number of hydrogen-bond donors (Lipinski definition) is 1. The lowest BCUT2D eigenvalue weighted by atomic mass is 9.85. The van der Waals surface area contributed by atoms with Gasteiger partial charge in [0, 0.05) is 6.61 Å². The van der Waals surface area contributed by atoms with E-state index < -0.39 is 11.5 Å². The monoisotopic (exact) mass is 361 g/mol. The Balaban J connectivity index is 1.88. The molecule has 2 N–H and O–H groups in total. The molecule has 0 saturated carbocycles. The molecule has 4 heteroatoms. The molecular formula is C23H23NO3. The van der Waals surface area contributed by atoms with Gasteiger partial charge in [-0.05, 0) is 35.7 Å². The largest absolute Gasteiger partial charge is 0.489 e. The SMILES string of the molecule is CCO[C@@](C(N)=O)(c1ccccc1)c1ccc(OCc2ccccc2)cc1. The maximum absolute atomic E-state index is 12.5. The second-order valence-corrected chi connectivity index (χ2v) is 6.14. The van der Waals surface area contributed by atoms with Crippen LogP contribution in [0.3, 0.4) is 0 Å². The highest BCUT2D eigenvalue weighted by Crippen LogP contribution is 2.34. The molecule has 3 aromatic carbocycles. The second-order valence-electron chi connectivity index (χ2n) is 6.14. The fourth-order valence-corrected chi connectivity index (χ4v) is 3.11. The van der Waals surface area contributed by atoms with Crippen molar-refractivity contribution < 1.29 is 14.3 Å². The molecule has 0 bridgehead atoms. The number of amides is 1. The molecule has 0 aliphatic carbocycles. The van der Waals surface area contributed by atoms with Crippen LogP contribution in [0.2, 0.25) is 0 Å². The summed E-state index contributed by atoms with van der Waals surface area (Å²) in [6, 6.07) is 26.6. The maximum Gasteiger partial charge on any atom is 0.259 e. The lowest BCUT2D eigenvalue weighted by molar-refractivity contribution is -0.139. The van der Waals surface area contributed by atoms with Gasteiger partial charge in [0.05, 0.1) is 0 Å². The Morgan fingerprint density at radius 1 is 0.852 bits per heavy atom. The minimum Gasteiger partial charge on any atom is -0.489 e. The Morgan fingerprint density at radius 3 is 1.96 bits per heavy atom. The van der Waals surface area contributed by atoms with Gasteiger partial charge in [0.25, 0.3) is 5.91 Å². The summed E-state index contributed by atoms with van der Waals surface area (Å²) in [5, 5.41) is 0. The summed E-state index contributed by atoms with van der Waals surface area (Å²) in [5.41, 5.74) is 6.95. The fourth-order valence-electron chi connectivity index (χ4n) is 3.11. The Morgan fingerprint density at radius 2 is 1.41 bits per heavy atom. The van der Waals surface area contributed by atoms with Crippen LogP contribution in [0.1, 0.15) is 23.6 Å². The van der Waals surface area contributed by atoms with Gasteiger partial charge in [-0.1, -0.05) is 72.8 Å². The number of carbonyl (C=O) groups excluding carboxylic acids is 1. The van der Waals surface area contributed by atoms with E-state index in [-0.39, 0.29) is 0 Å². The second kappa shape index (κ2) is 8.52. The van der Waals surface area contributed by atoms with Crippen LogP contribution in [0.25, 0.3) is 0 Å². The third-order valence-electron chi connectivity index (χ3n) is 4.40. The zero-order valence-corrected chi connectivity index (χ0v) is 15.3. The molecule has 1 atom stereocenters. The smallest absolute Gasteiger partial charge is 0.259 e. The molecule has 27 heavy (non-hydrogen) atoms. The van der Waals surface area contributed by atoms with Crippen LogP contribution >= 0.6 is 0 Å². The van der Waals surface area contributed by atoms with Crippen LogP contribution in [0, 0.1) is 0 Å². The van der Waals surface area contributed by atoms with Crippen LogP contribution in [-0.2, 0) is 21.7 Å². The van der Waals surface area contributed by atoms with E-state index in [1.165, 1.54) is 0 Å². The predicted molar refractivity (Wildman–Crippen MR) is 105 cm³/mol. The molecule has 0 spiro atoms. The Kier molecular flexibility index (Phi) is 5.89. The third kappa shape index (κ3) is 4.01. The summed E-state index contributed by atoms with van der Waals surface area (Å²) in [6.07, 6.45) is 0. The highest BCUT2D eigenvalue weighted by atomic mass is 16.5. The zero-order chi connectivity index (χ0) is 19.1.